The predicted molar refractivity (Wildman–Crippen MR) is 137 cm³/mol. The molecule has 2 aromatic carbocycles. The fraction of sp³-hybridized carbons (Fsp3) is 0.259. The molecular formula is C27H29N7O. The molecule has 0 radical (unpaired) electrons. The zero-order chi connectivity index (χ0) is 23.9. The van der Waals surface area contributed by atoms with Gasteiger partial charge in [0.2, 0.25) is 0 Å². The maximum absolute atomic E-state index is 13.0. The van der Waals surface area contributed by atoms with Crippen LogP contribution in [0.15, 0.2) is 85.7 Å². The van der Waals surface area contributed by atoms with E-state index in [1.807, 2.05) is 54.9 Å². The summed E-state index contributed by atoms with van der Waals surface area (Å²) in [5.41, 5.74) is 4.92. The molecule has 0 unspecified atom stereocenters. The van der Waals surface area contributed by atoms with E-state index >= 15 is 0 Å². The van der Waals surface area contributed by atoms with Gasteiger partial charge >= 0.3 is 0 Å². The molecule has 4 aromatic rings. The highest BCUT2D eigenvalue weighted by molar-refractivity contribution is 6.06. The Morgan fingerprint density at radius 3 is 2.37 bits per heavy atom. The van der Waals surface area contributed by atoms with E-state index in [0.717, 1.165) is 56.1 Å². The summed E-state index contributed by atoms with van der Waals surface area (Å²) in [5, 5.41) is 7.24. The third-order valence-corrected chi connectivity index (χ3v) is 6.36. The van der Waals surface area contributed by atoms with Crippen molar-refractivity contribution in [3.05, 3.63) is 102 Å². The second-order valence-corrected chi connectivity index (χ2v) is 8.70. The molecule has 0 atom stereocenters. The largest absolute Gasteiger partial charge is 0.367 e. The summed E-state index contributed by atoms with van der Waals surface area (Å²) in [4.78, 5) is 25.9. The van der Waals surface area contributed by atoms with Crippen molar-refractivity contribution in [3.8, 4) is 0 Å². The molecule has 35 heavy (non-hydrogen) atoms. The molecule has 1 aliphatic rings. The van der Waals surface area contributed by atoms with E-state index in [2.05, 4.69) is 48.4 Å². The Morgan fingerprint density at radius 2 is 1.63 bits per heavy atom. The highest BCUT2D eigenvalue weighted by Crippen LogP contribution is 2.27. The van der Waals surface area contributed by atoms with Gasteiger partial charge in [0.15, 0.2) is 0 Å². The van der Waals surface area contributed by atoms with Crippen LogP contribution in [0.25, 0.3) is 0 Å². The number of para-hydroxylation sites is 2. The van der Waals surface area contributed by atoms with Crippen LogP contribution in [0.4, 0.5) is 11.4 Å². The van der Waals surface area contributed by atoms with Crippen LogP contribution in [0.1, 0.15) is 21.5 Å². The average Bonchev–Trinajstić information content (AvgIpc) is 3.42. The van der Waals surface area contributed by atoms with Gasteiger partial charge in [-0.1, -0.05) is 24.3 Å². The molecule has 1 saturated heterocycles. The summed E-state index contributed by atoms with van der Waals surface area (Å²) in [6.07, 6.45) is 7.94. The summed E-state index contributed by atoms with van der Waals surface area (Å²) < 4.78 is 1.75. The zero-order valence-electron chi connectivity index (χ0n) is 19.6. The molecule has 0 bridgehead atoms. The summed E-state index contributed by atoms with van der Waals surface area (Å²) in [5.74, 6) is -0.110. The second-order valence-electron chi connectivity index (χ2n) is 8.70. The number of hydrogen-bond donors (Lipinski definition) is 1. The Hall–Kier alpha value is -4.04. The molecule has 3 heterocycles. The van der Waals surface area contributed by atoms with Crippen molar-refractivity contribution < 1.29 is 4.79 Å². The first-order chi connectivity index (χ1) is 17.2. The van der Waals surface area contributed by atoms with Crippen molar-refractivity contribution in [2.75, 3.05) is 42.9 Å². The monoisotopic (exact) mass is 467 g/mol. The van der Waals surface area contributed by atoms with Gasteiger partial charge in [-0.2, -0.15) is 5.10 Å². The molecule has 5 rings (SSSR count). The van der Waals surface area contributed by atoms with Crippen LogP contribution in [-0.2, 0) is 13.0 Å². The third-order valence-electron chi connectivity index (χ3n) is 6.36. The van der Waals surface area contributed by atoms with Gasteiger partial charge in [-0.05, 0) is 53.9 Å². The van der Waals surface area contributed by atoms with E-state index in [9.17, 15) is 4.79 Å². The number of nitrogens with one attached hydrogen (secondary N) is 1. The van der Waals surface area contributed by atoms with E-state index in [0.29, 0.717) is 12.1 Å². The highest BCUT2D eigenvalue weighted by Gasteiger charge is 2.20. The normalized spacial score (nSPS) is 14.1. The van der Waals surface area contributed by atoms with Gasteiger partial charge in [-0.15, -0.1) is 0 Å². The van der Waals surface area contributed by atoms with Gasteiger partial charge in [0.05, 0.1) is 17.9 Å². The Labute approximate surface area is 205 Å². The number of piperazine rings is 1. The molecule has 0 aliphatic carbocycles. The molecule has 8 nitrogen and oxygen atoms in total. The van der Waals surface area contributed by atoms with Crippen LogP contribution in [-0.4, -0.2) is 63.3 Å². The summed E-state index contributed by atoms with van der Waals surface area (Å²) >= 11 is 0. The Morgan fingerprint density at radius 1 is 0.857 bits per heavy atom. The van der Waals surface area contributed by atoms with Crippen LogP contribution < -0.4 is 10.2 Å². The number of pyridine rings is 1. The quantitative estimate of drug-likeness (QED) is 0.428. The molecular weight excluding hydrogens is 438 g/mol. The maximum Gasteiger partial charge on any atom is 0.255 e. The number of carbonyl (C=O) groups is 1. The lowest BCUT2D eigenvalue weighted by Crippen LogP contribution is -2.47. The maximum atomic E-state index is 13.0. The number of carbonyl (C=O) groups excluding carboxylic acids is 1. The number of benzene rings is 2. The third kappa shape index (κ3) is 5.91. The summed E-state index contributed by atoms with van der Waals surface area (Å²) in [6.45, 7) is 5.53. The second kappa shape index (κ2) is 10.9. The molecule has 1 amide bonds. The number of anilines is 2. The number of rotatable bonds is 8. The topological polar surface area (TPSA) is 79.2 Å². The highest BCUT2D eigenvalue weighted by atomic mass is 16.1. The van der Waals surface area contributed by atoms with Gasteiger partial charge < -0.3 is 10.2 Å². The van der Waals surface area contributed by atoms with Crippen LogP contribution in [0, 0.1) is 0 Å². The van der Waals surface area contributed by atoms with Gasteiger partial charge in [0.1, 0.15) is 12.7 Å². The standard InChI is InChI=1S/C27H29N7O/c35-27(24-7-5-23(6-8-24)19-34-21-29-20-30-34)31-25-3-1-2-4-26(25)33-17-15-32(16-18-33)14-11-22-9-12-28-13-10-22/h1-10,12-13,20-21H,11,14-19H2,(H,31,35). The lowest BCUT2D eigenvalue weighted by molar-refractivity contribution is 0.102. The molecule has 0 saturated carbocycles. The first-order valence-electron chi connectivity index (χ1n) is 11.9. The van der Waals surface area contributed by atoms with Crippen LogP contribution in [0.5, 0.6) is 0 Å². The number of nitrogens with zero attached hydrogens (tertiary/aromatic N) is 6. The minimum absolute atomic E-state index is 0.110. The van der Waals surface area contributed by atoms with Crippen molar-refractivity contribution in [2.45, 2.75) is 13.0 Å². The number of hydrogen-bond acceptors (Lipinski definition) is 6. The van der Waals surface area contributed by atoms with Crippen molar-refractivity contribution in [1.29, 1.82) is 0 Å². The van der Waals surface area contributed by atoms with Gasteiger partial charge in [0.25, 0.3) is 5.91 Å². The molecule has 178 valence electrons. The predicted octanol–water partition coefficient (Wildman–Crippen LogP) is 3.34. The zero-order valence-corrected chi connectivity index (χ0v) is 19.6. The van der Waals surface area contributed by atoms with E-state index in [-0.39, 0.29) is 5.91 Å². The molecule has 1 fully saturated rings. The van der Waals surface area contributed by atoms with Gasteiger partial charge in [-0.3, -0.25) is 14.7 Å². The minimum atomic E-state index is -0.110. The smallest absolute Gasteiger partial charge is 0.255 e. The van der Waals surface area contributed by atoms with E-state index in [4.69, 9.17) is 0 Å². The molecule has 8 heteroatoms. The lowest BCUT2D eigenvalue weighted by atomic mass is 10.1. The Kier molecular flexibility index (Phi) is 7.10. The Bertz CT molecular complexity index is 1220. The average molecular weight is 468 g/mol. The lowest BCUT2D eigenvalue weighted by Gasteiger charge is -2.37. The van der Waals surface area contributed by atoms with Crippen LogP contribution >= 0.6 is 0 Å². The fourth-order valence-electron chi connectivity index (χ4n) is 4.36. The molecule has 2 aromatic heterocycles. The van der Waals surface area contributed by atoms with Gasteiger partial charge in [0, 0.05) is 50.7 Å². The number of aromatic nitrogens is 4. The first kappa shape index (κ1) is 22.7. The number of amides is 1. The summed E-state index contributed by atoms with van der Waals surface area (Å²) in [7, 11) is 0. The van der Waals surface area contributed by atoms with Crippen molar-refractivity contribution in [2.24, 2.45) is 0 Å². The fourth-order valence-corrected chi connectivity index (χ4v) is 4.36. The molecule has 1 aliphatic heterocycles. The SMILES string of the molecule is O=C(Nc1ccccc1N1CCN(CCc2ccncc2)CC1)c1ccc(Cn2cncn2)cc1. The van der Waals surface area contributed by atoms with Crippen LogP contribution in [0.3, 0.4) is 0 Å². The Balaban J connectivity index is 1.17. The van der Waals surface area contributed by atoms with E-state index in [1.54, 1.807) is 11.0 Å². The van der Waals surface area contributed by atoms with E-state index in [1.165, 1.54) is 11.9 Å². The first-order valence-corrected chi connectivity index (χ1v) is 11.9. The van der Waals surface area contributed by atoms with Crippen LogP contribution in [0.2, 0.25) is 0 Å². The van der Waals surface area contributed by atoms with Crippen molar-refractivity contribution in [1.82, 2.24) is 24.6 Å². The summed E-state index contributed by atoms with van der Waals surface area (Å²) in [6, 6.07) is 19.8. The molecule has 1 N–H and O–H groups in total. The van der Waals surface area contributed by atoms with E-state index < -0.39 is 0 Å². The molecule has 0 spiro atoms. The minimum Gasteiger partial charge on any atom is -0.367 e. The van der Waals surface area contributed by atoms with Crippen molar-refractivity contribution >= 4 is 17.3 Å². The van der Waals surface area contributed by atoms with Crippen molar-refractivity contribution in [3.63, 3.8) is 0 Å². The van der Waals surface area contributed by atoms with Gasteiger partial charge in [-0.25, -0.2) is 9.67 Å².